The number of nitrogens with zero attached hydrogens (tertiary/aromatic N) is 4. The third-order valence-corrected chi connectivity index (χ3v) is 5.88. The highest BCUT2D eigenvalue weighted by Gasteiger charge is 2.43. The van der Waals surface area contributed by atoms with Crippen molar-refractivity contribution in [3.05, 3.63) is 41.1 Å². The van der Waals surface area contributed by atoms with Crippen LogP contribution in [0.2, 0.25) is 0 Å². The second kappa shape index (κ2) is 7.03. The Bertz CT molecular complexity index is 765. The van der Waals surface area contributed by atoms with Crippen molar-refractivity contribution in [1.82, 2.24) is 14.9 Å². The molecule has 3 heterocycles. The van der Waals surface area contributed by atoms with Crippen LogP contribution in [-0.4, -0.2) is 42.1 Å². The van der Waals surface area contributed by atoms with E-state index >= 15 is 0 Å². The maximum absolute atomic E-state index is 6.02. The molecule has 1 aliphatic heterocycles. The summed E-state index contributed by atoms with van der Waals surface area (Å²) < 4.78 is 6.02. The summed E-state index contributed by atoms with van der Waals surface area (Å²) in [5.41, 5.74) is 2.84. The Morgan fingerprint density at radius 1 is 1.23 bits per heavy atom. The molecular formula is C21H30N4O. The Morgan fingerprint density at radius 2 is 2.08 bits per heavy atom. The first-order chi connectivity index (χ1) is 12.6. The smallest absolute Gasteiger partial charge is 0.225 e. The average molecular weight is 354 g/mol. The van der Waals surface area contributed by atoms with Gasteiger partial charge in [-0.25, -0.2) is 9.97 Å². The van der Waals surface area contributed by atoms with Gasteiger partial charge in [-0.3, -0.25) is 4.90 Å². The summed E-state index contributed by atoms with van der Waals surface area (Å²) in [6.07, 6.45) is 8.98. The summed E-state index contributed by atoms with van der Waals surface area (Å²) in [5, 5.41) is 0. The number of fused-ring (bicyclic) bond motifs is 2. The highest BCUT2D eigenvalue weighted by Crippen LogP contribution is 2.44. The SMILES string of the molecule is CCCc1ccc(CN2CCCC3(CCc4cnc(N(C)C)nc43)C2)o1. The van der Waals surface area contributed by atoms with Gasteiger partial charge in [-0.1, -0.05) is 6.92 Å². The minimum Gasteiger partial charge on any atom is -0.465 e. The lowest BCUT2D eigenvalue weighted by Crippen LogP contribution is -2.45. The van der Waals surface area contributed by atoms with Gasteiger partial charge < -0.3 is 9.32 Å². The number of aromatic nitrogens is 2. The molecule has 1 spiro atoms. The van der Waals surface area contributed by atoms with Gasteiger partial charge in [-0.15, -0.1) is 0 Å². The third-order valence-electron chi connectivity index (χ3n) is 5.88. The molecule has 0 bridgehead atoms. The molecule has 0 radical (unpaired) electrons. The van der Waals surface area contributed by atoms with E-state index < -0.39 is 0 Å². The molecular weight excluding hydrogens is 324 g/mol. The van der Waals surface area contributed by atoms with E-state index in [0.29, 0.717) is 0 Å². The molecule has 5 nitrogen and oxygen atoms in total. The molecule has 0 amide bonds. The largest absolute Gasteiger partial charge is 0.465 e. The number of furan rings is 1. The number of piperidine rings is 1. The molecule has 2 aromatic heterocycles. The number of rotatable bonds is 5. The Kier molecular flexibility index (Phi) is 4.74. The van der Waals surface area contributed by atoms with E-state index in [-0.39, 0.29) is 5.41 Å². The Morgan fingerprint density at radius 3 is 2.88 bits per heavy atom. The van der Waals surface area contributed by atoms with Gasteiger partial charge in [0.1, 0.15) is 11.5 Å². The van der Waals surface area contributed by atoms with Gasteiger partial charge in [0.05, 0.1) is 12.2 Å². The molecule has 4 rings (SSSR count). The van der Waals surface area contributed by atoms with Crippen LogP contribution in [0, 0.1) is 0 Å². The highest BCUT2D eigenvalue weighted by atomic mass is 16.3. The summed E-state index contributed by atoms with van der Waals surface area (Å²) in [6.45, 7) is 5.32. The average Bonchev–Trinajstić information content (AvgIpc) is 3.20. The summed E-state index contributed by atoms with van der Waals surface area (Å²) >= 11 is 0. The first kappa shape index (κ1) is 17.5. The topological polar surface area (TPSA) is 45.4 Å². The van der Waals surface area contributed by atoms with Gasteiger partial charge in [0.25, 0.3) is 0 Å². The minimum atomic E-state index is 0.195. The Hall–Kier alpha value is -1.88. The van der Waals surface area contributed by atoms with Gasteiger partial charge in [0, 0.05) is 38.7 Å². The van der Waals surface area contributed by atoms with Gasteiger partial charge in [0.15, 0.2) is 0 Å². The van der Waals surface area contributed by atoms with E-state index in [4.69, 9.17) is 9.40 Å². The lowest BCUT2D eigenvalue weighted by molar-refractivity contribution is 0.128. The zero-order valence-corrected chi connectivity index (χ0v) is 16.3. The second-order valence-electron chi connectivity index (χ2n) is 8.15. The predicted molar refractivity (Wildman–Crippen MR) is 104 cm³/mol. The standard InChI is InChI=1S/C21H30N4O/c1-4-6-17-7-8-18(26-17)14-25-12-5-10-21(15-25)11-9-16-13-22-20(24(2)3)23-19(16)21/h7-8,13H,4-6,9-12,14-15H2,1-3H3. The van der Waals surface area contributed by atoms with E-state index in [1.165, 1.54) is 30.5 Å². The van der Waals surface area contributed by atoms with Crippen LogP contribution in [0.4, 0.5) is 5.95 Å². The molecule has 1 unspecified atom stereocenters. The minimum absolute atomic E-state index is 0.195. The maximum atomic E-state index is 6.02. The zero-order valence-electron chi connectivity index (χ0n) is 16.3. The van der Waals surface area contributed by atoms with Crippen LogP contribution in [-0.2, 0) is 24.8 Å². The van der Waals surface area contributed by atoms with Crippen LogP contribution in [0.3, 0.4) is 0 Å². The second-order valence-corrected chi connectivity index (χ2v) is 8.15. The molecule has 1 fully saturated rings. The zero-order chi connectivity index (χ0) is 18.1. The summed E-state index contributed by atoms with van der Waals surface area (Å²) in [5.74, 6) is 3.04. The number of likely N-dealkylation sites (tertiary alicyclic amines) is 1. The molecule has 5 heteroatoms. The Labute approximate surface area is 156 Å². The van der Waals surface area contributed by atoms with E-state index in [1.54, 1.807) is 0 Å². The van der Waals surface area contributed by atoms with Gasteiger partial charge >= 0.3 is 0 Å². The molecule has 2 aliphatic rings. The molecule has 1 saturated heterocycles. The fourth-order valence-electron chi connectivity index (χ4n) is 4.62. The van der Waals surface area contributed by atoms with Gasteiger partial charge in [0.2, 0.25) is 5.95 Å². The van der Waals surface area contributed by atoms with Crippen molar-refractivity contribution in [2.45, 2.75) is 57.4 Å². The summed E-state index contributed by atoms with van der Waals surface area (Å²) in [6, 6.07) is 4.29. The van der Waals surface area contributed by atoms with Crippen LogP contribution < -0.4 is 4.90 Å². The molecule has 0 saturated carbocycles. The normalized spacial score (nSPS) is 22.7. The molecule has 140 valence electrons. The first-order valence-corrected chi connectivity index (χ1v) is 9.93. The van der Waals surface area contributed by atoms with Crippen molar-refractivity contribution in [1.29, 1.82) is 0 Å². The van der Waals surface area contributed by atoms with Crippen molar-refractivity contribution in [2.24, 2.45) is 0 Å². The quantitative estimate of drug-likeness (QED) is 0.821. The van der Waals surface area contributed by atoms with Crippen molar-refractivity contribution < 1.29 is 4.42 Å². The van der Waals surface area contributed by atoms with Crippen LogP contribution in [0.25, 0.3) is 0 Å². The fraction of sp³-hybridized carbons (Fsp3) is 0.619. The van der Waals surface area contributed by atoms with E-state index in [2.05, 4.69) is 35.1 Å². The van der Waals surface area contributed by atoms with Crippen LogP contribution in [0.5, 0.6) is 0 Å². The highest BCUT2D eigenvalue weighted by molar-refractivity contribution is 5.39. The lowest BCUT2D eigenvalue weighted by atomic mass is 9.77. The fourth-order valence-corrected chi connectivity index (χ4v) is 4.62. The van der Waals surface area contributed by atoms with Crippen molar-refractivity contribution in [3.63, 3.8) is 0 Å². The van der Waals surface area contributed by atoms with E-state index in [0.717, 1.165) is 56.4 Å². The summed E-state index contributed by atoms with van der Waals surface area (Å²) in [7, 11) is 4.03. The molecule has 0 aromatic carbocycles. The Balaban J connectivity index is 1.53. The monoisotopic (exact) mass is 354 g/mol. The molecule has 0 N–H and O–H groups in total. The van der Waals surface area contributed by atoms with Gasteiger partial charge in [-0.2, -0.15) is 0 Å². The number of hydrogen-bond donors (Lipinski definition) is 0. The first-order valence-electron chi connectivity index (χ1n) is 9.93. The van der Waals surface area contributed by atoms with Crippen molar-refractivity contribution in [2.75, 3.05) is 32.1 Å². The van der Waals surface area contributed by atoms with Crippen LogP contribution in [0.1, 0.15) is 55.4 Å². The molecule has 26 heavy (non-hydrogen) atoms. The third kappa shape index (κ3) is 3.25. The van der Waals surface area contributed by atoms with Crippen molar-refractivity contribution in [3.8, 4) is 0 Å². The summed E-state index contributed by atoms with van der Waals surface area (Å²) in [4.78, 5) is 14.1. The number of aryl methyl sites for hydroxylation is 2. The van der Waals surface area contributed by atoms with Crippen LogP contribution in [0.15, 0.2) is 22.7 Å². The van der Waals surface area contributed by atoms with E-state index in [9.17, 15) is 0 Å². The van der Waals surface area contributed by atoms with E-state index in [1.807, 2.05) is 19.0 Å². The molecule has 1 atom stereocenters. The van der Waals surface area contributed by atoms with Crippen molar-refractivity contribution >= 4 is 5.95 Å². The predicted octanol–water partition coefficient (Wildman–Crippen LogP) is 3.57. The number of anilines is 1. The molecule has 1 aliphatic carbocycles. The maximum Gasteiger partial charge on any atom is 0.225 e. The number of hydrogen-bond acceptors (Lipinski definition) is 5. The van der Waals surface area contributed by atoms with Crippen LogP contribution >= 0.6 is 0 Å². The lowest BCUT2D eigenvalue weighted by Gasteiger charge is -2.40. The molecule has 2 aromatic rings. The van der Waals surface area contributed by atoms with Gasteiger partial charge in [-0.05, 0) is 56.3 Å².